The quantitative estimate of drug-likeness (QED) is 0.764. The molecule has 130 valence electrons. The summed E-state index contributed by atoms with van der Waals surface area (Å²) in [5, 5.41) is 12.2. The van der Waals surface area contributed by atoms with Gasteiger partial charge in [0.1, 0.15) is 5.82 Å². The first-order chi connectivity index (χ1) is 12.3. The average Bonchev–Trinajstić information content (AvgIpc) is 3.32. The van der Waals surface area contributed by atoms with Gasteiger partial charge >= 0.3 is 0 Å². The fourth-order valence-electron chi connectivity index (χ4n) is 3.47. The SMILES string of the molecule is OCc1csc(N2CCCC(c3nccn3Cc3ccccc3)C2)n1. The Morgan fingerprint density at radius 2 is 2.12 bits per heavy atom. The highest BCUT2D eigenvalue weighted by atomic mass is 32.1. The average molecular weight is 354 g/mol. The highest BCUT2D eigenvalue weighted by Gasteiger charge is 2.26. The van der Waals surface area contributed by atoms with Crippen molar-refractivity contribution in [1.29, 1.82) is 0 Å². The summed E-state index contributed by atoms with van der Waals surface area (Å²) >= 11 is 1.61. The Hall–Kier alpha value is -2.18. The maximum atomic E-state index is 9.24. The van der Waals surface area contributed by atoms with Crippen LogP contribution in [0.2, 0.25) is 0 Å². The van der Waals surface area contributed by atoms with Crippen molar-refractivity contribution < 1.29 is 5.11 Å². The molecule has 25 heavy (non-hydrogen) atoms. The van der Waals surface area contributed by atoms with Gasteiger partial charge in [-0.2, -0.15) is 0 Å². The predicted octanol–water partition coefficient (Wildman–Crippen LogP) is 3.26. The van der Waals surface area contributed by atoms with Crippen LogP contribution >= 0.6 is 11.3 Å². The van der Waals surface area contributed by atoms with E-state index in [1.54, 1.807) is 11.3 Å². The highest BCUT2D eigenvalue weighted by Crippen LogP contribution is 2.31. The van der Waals surface area contributed by atoms with Gasteiger partial charge in [-0.05, 0) is 18.4 Å². The van der Waals surface area contributed by atoms with Crippen molar-refractivity contribution >= 4 is 16.5 Å². The molecule has 1 fully saturated rings. The van der Waals surface area contributed by atoms with Crippen LogP contribution in [0.25, 0.3) is 0 Å². The Bertz CT molecular complexity index is 814. The summed E-state index contributed by atoms with van der Waals surface area (Å²) < 4.78 is 2.27. The number of benzene rings is 1. The Morgan fingerprint density at radius 1 is 1.24 bits per heavy atom. The molecule has 0 spiro atoms. The molecule has 1 aliphatic rings. The molecule has 6 heteroatoms. The number of aromatic nitrogens is 3. The minimum Gasteiger partial charge on any atom is -0.390 e. The number of imidazole rings is 1. The molecule has 0 saturated carbocycles. The summed E-state index contributed by atoms with van der Waals surface area (Å²) in [6.45, 7) is 2.83. The van der Waals surface area contributed by atoms with Crippen LogP contribution in [0.4, 0.5) is 5.13 Å². The zero-order chi connectivity index (χ0) is 17.1. The maximum absolute atomic E-state index is 9.24. The van der Waals surface area contributed by atoms with Crippen molar-refractivity contribution in [3.8, 4) is 0 Å². The fraction of sp³-hybridized carbons (Fsp3) is 0.368. The predicted molar refractivity (Wildman–Crippen MR) is 100.0 cm³/mol. The summed E-state index contributed by atoms with van der Waals surface area (Å²) in [4.78, 5) is 11.5. The van der Waals surface area contributed by atoms with Crippen molar-refractivity contribution in [3.63, 3.8) is 0 Å². The molecule has 3 aromatic rings. The van der Waals surface area contributed by atoms with Crippen molar-refractivity contribution in [3.05, 3.63) is 65.2 Å². The van der Waals surface area contributed by atoms with Crippen molar-refractivity contribution in [1.82, 2.24) is 14.5 Å². The second-order valence-corrected chi connectivity index (χ2v) is 7.30. The first-order valence-electron chi connectivity index (χ1n) is 8.68. The molecular formula is C19H22N4OS. The lowest BCUT2D eigenvalue weighted by molar-refractivity contribution is 0.277. The summed E-state index contributed by atoms with van der Waals surface area (Å²) in [6, 6.07) is 10.5. The Labute approximate surface area is 151 Å². The largest absolute Gasteiger partial charge is 0.390 e. The third-order valence-electron chi connectivity index (χ3n) is 4.70. The monoisotopic (exact) mass is 354 g/mol. The number of anilines is 1. The van der Waals surface area contributed by atoms with Crippen molar-refractivity contribution in [2.45, 2.75) is 31.9 Å². The Kier molecular flexibility index (Phi) is 4.81. The van der Waals surface area contributed by atoms with Crippen LogP contribution in [0.3, 0.4) is 0 Å². The van der Waals surface area contributed by atoms with Gasteiger partial charge in [-0.25, -0.2) is 9.97 Å². The van der Waals surface area contributed by atoms with E-state index in [2.05, 4.69) is 49.9 Å². The summed E-state index contributed by atoms with van der Waals surface area (Å²) in [6.07, 6.45) is 6.27. The van der Waals surface area contributed by atoms with E-state index < -0.39 is 0 Å². The summed E-state index contributed by atoms with van der Waals surface area (Å²) in [5.41, 5.74) is 2.05. The minimum absolute atomic E-state index is 0.00918. The van der Waals surface area contributed by atoms with Gasteiger partial charge in [0.2, 0.25) is 0 Å². The number of piperidine rings is 1. The van der Waals surface area contributed by atoms with Crippen LogP contribution in [-0.2, 0) is 13.2 Å². The molecule has 5 nitrogen and oxygen atoms in total. The van der Waals surface area contributed by atoms with Gasteiger partial charge in [-0.1, -0.05) is 30.3 Å². The van der Waals surface area contributed by atoms with E-state index in [1.165, 1.54) is 5.56 Å². The lowest BCUT2D eigenvalue weighted by Gasteiger charge is -2.32. The van der Waals surface area contributed by atoms with E-state index in [-0.39, 0.29) is 6.61 Å². The van der Waals surface area contributed by atoms with Crippen LogP contribution < -0.4 is 4.90 Å². The molecule has 1 aromatic carbocycles. The zero-order valence-corrected chi connectivity index (χ0v) is 14.9. The molecule has 0 bridgehead atoms. The Balaban J connectivity index is 1.51. The first kappa shape index (κ1) is 16.3. The van der Waals surface area contributed by atoms with Gasteiger partial charge < -0.3 is 14.6 Å². The minimum atomic E-state index is 0.00918. The van der Waals surface area contributed by atoms with Crippen LogP contribution in [0, 0.1) is 0 Å². The molecule has 1 aliphatic heterocycles. The molecule has 1 atom stereocenters. The number of rotatable bonds is 5. The molecule has 4 rings (SSSR count). The first-order valence-corrected chi connectivity index (χ1v) is 9.56. The van der Waals surface area contributed by atoms with Gasteiger partial charge in [0.25, 0.3) is 0 Å². The number of aliphatic hydroxyl groups is 1. The molecule has 0 amide bonds. The number of thiazole rings is 1. The maximum Gasteiger partial charge on any atom is 0.185 e. The lowest BCUT2D eigenvalue weighted by Crippen LogP contribution is -2.35. The molecule has 0 aliphatic carbocycles. The van der Waals surface area contributed by atoms with Gasteiger partial charge in [0.05, 0.1) is 12.3 Å². The van der Waals surface area contributed by atoms with E-state index in [0.29, 0.717) is 5.92 Å². The van der Waals surface area contributed by atoms with E-state index in [0.717, 1.165) is 49.1 Å². The van der Waals surface area contributed by atoms with Gasteiger partial charge in [-0.3, -0.25) is 0 Å². The standard InChI is InChI=1S/C19H22N4OS/c24-13-17-14-25-19(21-17)23-9-4-7-16(12-23)18-20-8-10-22(18)11-15-5-2-1-3-6-15/h1-3,5-6,8,10,14,16,24H,4,7,9,11-13H2. The Morgan fingerprint density at radius 3 is 2.92 bits per heavy atom. The molecule has 1 saturated heterocycles. The van der Waals surface area contributed by atoms with E-state index in [1.807, 2.05) is 17.6 Å². The number of aliphatic hydroxyl groups excluding tert-OH is 1. The molecule has 3 heterocycles. The van der Waals surface area contributed by atoms with Crippen LogP contribution in [-0.4, -0.2) is 32.7 Å². The zero-order valence-electron chi connectivity index (χ0n) is 14.1. The summed E-state index contributed by atoms with van der Waals surface area (Å²) in [5.74, 6) is 1.57. The van der Waals surface area contributed by atoms with Gasteiger partial charge in [0.15, 0.2) is 5.13 Å². The molecule has 0 radical (unpaired) electrons. The highest BCUT2D eigenvalue weighted by molar-refractivity contribution is 7.13. The topological polar surface area (TPSA) is 54.2 Å². The molecule has 2 aromatic heterocycles. The fourth-order valence-corrected chi connectivity index (χ4v) is 4.32. The van der Waals surface area contributed by atoms with Crippen LogP contribution in [0.1, 0.15) is 35.8 Å². The normalized spacial score (nSPS) is 17.8. The van der Waals surface area contributed by atoms with Gasteiger partial charge in [-0.15, -0.1) is 11.3 Å². The van der Waals surface area contributed by atoms with Crippen molar-refractivity contribution in [2.75, 3.05) is 18.0 Å². The number of hydrogen-bond acceptors (Lipinski definition) is 5. The molecule has 1 N–H and O–H groups in total. The summed E-state index contributed by atoms with van der Waals surface area (Å²) in [7, 11) is 0. The van der Waals surface area contributed by atoms with E-state index >= 15 is 0 Å². The van der Waals surface area contributed by atoms with E-state index in [9.17, 15) is 5.11 Å². The second kappa shape index (κ2) is 7.37. The van der Waals surface area contributed by atoms with Crippen LogP contribution in [0.5, 0.6) is 0 Å². The molecule has 1 unspecified atom stereocenters. The third kappa shape index (κ3) is 3.60. The van der Waals surface area contributed by atoms with Gasteiger partial charge in [0, 0.05) is 43.3 Å². The smallest absolute Gasteiger partial charge is 0.185 e. The lowest BCUT2D eigenvalue weighted by atomic mass is 9.97. The number of nitrogens with zero attached hydrogens (tertiary/aromatic N) is 4. The third-order valence-corrected chi connectivity index (χ3v) is 5.65. The molecular weight excluding hydrogens is 332 g/mol. The second-order valence-electron chi connectivity index (χ2n) is 6.46. The van der Waals surface area contributed by atoms with Crippen molar-refractivity contribution in [2.24, 2.45) is 0 Å². The van der Waals surface area contributed by atoms with Crippen LogP contribution in [0.15, 0.2) is 48.1 Å². The number of hydrogen-bond donors (Lipinski definition) is 1. The van der Waals surface area contributed by atoms with E-state index in [4.69, 9.17) is 0 Å².